The van der Waals surface area contributed by atoms with Crippen LogP contribution >= 0.6 is 0 Å². The van der Waals surface area contributed by atoms with Gasteiger partial charge in [-0.05, 0) is 18.2 Å². The van der Waals surface area contributed by atoms with Gasteiger partial charge in [0, 0.05) is 5.41 Å². The number of hydrogen-bond acceptors (Lipinski definition) is 5. The molecule has 1 aliphatic rings. The Morgan fingerprint density at radius 3 is 2.88 bits per heavy atom. The van der Waals surface area contributed by atoms with Crippen molar-refractivity contribution in [1.29, 1.82) is 0 Å². The van der Waals surface area contributed by atoms with Crippen molar-refractivity contribution < 1.29 is 12.8 Å². The summed E-state index contributed by atoms with van der Waals surface area (Å²) in [7, 11) is -3.06. The number of oxazole rings is 1. The van der Waals surface area contributed by atoms with Crippen LogP contribution in [0.4, 0.5) is 6.01 Å². The third-order valence-electron chi connectivity index (χ3n) is 2.53. The van der Waals surface area contributed by atoms with Gasteiger partial charge in [0.15, 0.2) is 15.4 Å². The molecule has 0 amide bonds. The Bertz CT molecular complexity index is 655. The number of sulfone groups is 1. The molecular weight excluding hydrogens is 240 g/mol. The first kappa shape index (κ1) is 10.3. The van der Waals surface area contributed by atoms with Gasteiger partial charge < -0.3 is 9.73 Å². The molecule has 17 heavy (non-hydrogen) atoms. The molecule has 0 radical (unpaired) electrons. The fraction of sp³-hybridized carbons (Fsp3) is 0.182. The van der Waals surface area contributed by atoms with Crippen molar-refractivity contribution in [2.24, 2.45) is 0 Å². The van der Waals surface area contributed by atoms with Gasteiger partial charge in [0.25, 0.3) is 6.01 Å². The van der Waals surface area contributed by atoms with Crippen LogP contribution in [0.25, 0.3) is 11.1 Å². The summed E-state index contributed by atoms with van der Waals surface area (Å²) in [5.74, 6) is 0.0473. The number of hydrogen-bond donors (Lipinski definition) is 1. The van der Waals surface area contributed by atoms with E-state index in [1.54, 1.807) is 6.08 Å². The van der Waals surface area contributed by atoms with E-state index in [2.05, 4.69) is 10.3 Å². The summed E-state index contributed by atoms with van der Waals surface area (Å²) in [6.07, 6.45) is 1.60. The summed E-state index contributed by atoms with van der Waals surface area (Å²) in [4.78, 5) is 4.22. The lowest BCUT2D eigenvalue weighted by atomic mass is 10.3. The summed E-state index contributed by atoms with van der Waals surface area (Å²) >= 11 is 0. The number of fused-ring (bicyclic) bond motifs is 1. The van der Waals surface area contributed by atoms with E-state index < -0.39 is 9.84 Å². The van der Waals surface area contributed by atoms with Gasteiger partial charge in [-0.15, -0.1) is 0 Å². The maximum absolute atomic E-state index is 11.2. The van der Waals surface area contributed by atoms with Crippen LogP contribution in [0.15, 0.2) is 40.2 Å². The minimum Gasteiger partial charge on any atom is -0.424 e. The first-order valence-electron chi connectivity index (χ1n) is 5.15. The molecule has 2 heterocycles. The molecule has 0 aliphatic carbocycles. The standard InChI is InChI=1S/C11H10N2O3S/c14-17(15)6-5-8(7-17)12-11-13-9-3-1-2-4-10(9)16-11/h1-6,8H,7H2,(H,12,13). The van der Waals surface area contributed by atoms with Crippen LogP contribution < -0.4 is 5.32 Å². The topological polar surface area (TPSA) is 72.2 Å². The highest BCUT2D eigenvalue weighted by Crippen LogP contribution is 2.20. The molecule has 0 spiro atoms. The molecule has 2 aromatic rings. The van der Waals surface area contributed by atoms with Crippen molar-refractivity contribution in [3.8, 4) is 0 Å². The fourth-order valence-electron chi connectivity index (χ4n) is 1.76. The molecule has 1 aromatic heterocycles. The van der Waals surface area contributed by atoms with Gasteiger partial charge in [-0.2, -0.15) is 4.98 Å². The minimum atomic E-state index is -3.06. The molecule has 1 atom stereocenters. The molecule has 6 heteroatoms. The summed E-state index contributed by atoms with van der Waals surface area (Å²) in [5.41, 5.74) is 1.43. The van der Waals surface area contributed by atoms with Gasteiger partial charge in [-0.25, -0.2) is 8.42 Å². The highest BCUT2D eigenvalue weighted by Gasteiger charge is 2.22. The quantitative estimate of drug-likeness (QED) is 0.875. The Morgan fingerprint density at radius 1 is 1.35 bits per heavy atom. The second-order valence-electron chi connectivity index (χ2n) is 3.90. The maximum atomic E-state index is 11.2. The van der Waals surface area contributed by atoms with Crippen molar-refractivity contribution in [3.63, 3.8) is 0 Å². The Labute approximate surface area is 98.1 Å². The highest BCUT2D eigenvalue weighted by atomic mass is 32.2. The average molecular weight is 250 g/mol. The predicted molar refractivity (Wildman–Crippen MR) is 64.3 cm³/mol. The number of benzene rings is 1. The lowest BCUT2D eigenvalue weighted by Crippen LogP contribution is -2.20. The van der Waals surface area contributed by atoms with Crippen molar-refractivity contribution >= 4 is 27.0 Å². The third kappa shape index (κ3) is 2.03. The van der Waals surface area contributed by atoms with Crippen molar-refractivity contribution in [3.05, 3.63) is 35.7 Å². The Morgan fingerprint density at radius 2 is 2.18 bits per heavy atom. The summed E-state index contributed by atoms with van der Waals surface area (Å²) in [5, 5.41) is 4.16. The first-order chi connectivity index (χ1) is 8.12. The second-order valence-corrected chi connectivity index (χ2v) is 5.83. The van der Waals surface area contributed by atoms with Gasteiger partial charge in [0.2, 0.25) is 0 Å². The number of para-hydroxylation sites is 2. The Balaban J connectivity index is 1.84. The molecule has 1 aliphatic heterocycles. The number of rotatable bonds is 2. The Kier molecular flexibility index (Phi) is 2.19. The maximum Gasteiger partial charge on any atom is 0.296 e. The summed E-state index contributed by atoms with van der Waals surface area (Å²) in [6.45, 7) is 0. The largest absolute Gasteiger partial charge is 0.424 e. The number of nitrogens with one attached hydrogen (secondary N) is 1. The second kappa shape index (κ2) is 3.59. The van der Waals surface area contributed by atoms with Gasteiger partial charge in [-0.1, -0.05) is 12.1 Å². The van der Waals surface area contributed by atoms with Crippen LogP contribution in [0.5, 0.6) is 0 Å². The molecular formula is C11H10N2O3S. The lowest BCUT2D eigenvalue weighted by molar-refractivity contribution is 0.600. The molecule has 0 fully saturated rings. The molecule has 0 saturated heterocycles. The van der Waals surface area contributed by atoms with E-state index in [4.69, 9.17) is 4.42 Å². The number of anilines is 1. The lowest BCUT2D eigenvalue weighted by Gasteiger charge is -2.05. The minimum absolute atomic E-state index is 0.0473. The number of nitrogens with zero attached hydrogens (tertiary/aromatic N) is 1. The molecule has 0 saturated carbocycles. The van der Waals surface area contributed by atoms with E-state index in [1.807, 2.05) is 24.3 Å². The van der Waals surface area contributed by atoms with Crippen LogP contribution in [0.1, 0.15) is 0 Å². The molecule has 5 nitrogen and oxygen atoms in total. The van der Waals surface area contributed by atoms with E-state index in [1.165, 1.54) is 5.41 Å². The molecule has 1 unspecified atom stereocenters. The summed E-state index contributed by atoms with van der Waals surface area (Å²) in [6, 6.07) is 7.46. The van der Waals surface area contributed by atoms with Crippen molar-refractivity contribution in [2.75, 3.05) is 11.1 Å². The smallest absolute Gasteiger partial charge is 0.296 e. The van der Waals surface area contributed by atoms with Crippen LogP contribution in [0.2, 0.25) is 0 Å². The average Bonchev–Trinajstić information content (AvgIpc) is 2.81. The van der Waals surface area contributed by atoms with Crippen LogP contribution in [0.3, 0.4) is 0 Å². The number of aromatic nitrogens is 1. The zero-order valence-electron chi connectivity index (χ0n) is 8.83. The zero-order valence-corrected chi connectivity index (χ0v) is 9.65. The zero-order chi connectivity index (χ0) is 11.9. The molecule has 1 N–H and O–H groups in total. The predicted octanol–water partition coefficient (Wildman–Crippen LogP) is 1.55. The van der Waals surface area contributed by atoms with Gasteiger partial charge in [0.1, 0.15) is 5.52 Å². The van der Waals surface area contributed by atoms with Crippen molar-refractivity contribution in [1.82, 2.24) is 4.98 Å². The summed E-state index contributed by atoms with van der Waals surface area (Å²) < 4.78 is 27.9. The van der Waals surface area contributed by atoms with E-state index >= 15 is 0 Å². The fourth-order valence-corrected chi connectivity index (χ4v) is 2.99. The molecule has 0 bridgehead atoms. The Hall–Kier alpha value is -1.82. The van der Waals surface area contributed by atoms with Gasteiger partial charge in [0.05, 0.1) is 11.8 Å². The van der Waals surface area contributed by atoms with Crippen LogP contribution in [0, 0.1) is 0 Å². The van der Waals surface area contributed by atoms with E-state index in [0.717, 1.165) is 5.52 Å². The molecule has 1 aromatic carbocycles. The molecule has 3 rings (SSSR count). The van der Waals surface area contributed by atoms with Crippen LogP contribution in [-0.2, 0) is 9.84 Å². The SMILES string of the molecule is O=S1(=O)C=CC(Nc2nc3ccccc3o2)C1. The van der Waals surface area contributed by atoms with Crippen molar-refractivity contribution in [2.45, 2.75) is 6.04 Å². The van der Waals surface area contributed by atoms with Crippen LogP contribution in [-0.4, -0.2) is 25.2 Å². The molecule has 88 valence electrons. The normalized spacial score (nSPS) is 22.0. The highest BCUT2D eigenvalue weighted by molar-refractivity contribution is 7.94. The van der Waals surface area contributed by atoms with Gasteiger partial charge >= 0.3 is 0 Å². The van der Waals surface area contributed by atoms with E-state index in [0.29, 0.717) is 11.6 Å². The van der Waals surface area contributed by atoms with E-state index in [9.17, 15) is 8.42 Å². The monoisotopic (exact) mass is 250 g/mol. The van der Waals surface area contributed by atoms with Gasteiger partial charge in [-0.3, -0.25) is 0 Å². The van der Waals surface area contributed by atoms with E-state index in [-0.39, 0.29) is 11.8 Å². The third-order valence-corrected chi connectivity index (χ3v) is 3.93. The first-order valence-corrected chi connectivity index (χ1v) is 6.87.